The molecule has 2 unspecified atom stereocenters. The van der Waals surface area contributed by atoms with Crippen molar-refractivity contribution in [2.45, 2.75) is 12.3 Å². The number of nitrogens with zero attached hydrogens (tertiary/aromatic N) is 2. The Morgan fingerprint density at radius 2 is 0.977 bits per heavy atom. The Hall–Kier alpha value is -5.25. The second kappa shape index (κ2) is 10.5. The first-order chi connectivity index (χ1) is 21.3. The number of nitrogens with one attached hydrogen (secondary N) is 1. The normalized spacial score (nSPS) is 17.2. The predicted octanol–water partition coefficient (Wildman–Crippen LogP) is 9.49. The van der Waals surface area contributed by atoms with Crippen molar-refractivity contribution in [1.82, 2.24) is 10.2 Å². The van der Waals surface area contributed by atoms with Gasteiger partial charge < -0.3 is 5.32 Å². The minimum atomic E-state index is -0.123. The third-order valence-electron chi connectivity index (χ3n) is 8.77. The monoisotopic (exact) mass is 553 g/mol. The molecule has 0 aromatic heterocycles. The van der Waals surface area contributed by atoms with Gasteiger partial charge in [-0.1, -0.05) is 146 Å². The standard InChI is InChI=1S/C40H31N3/c1-43-39(27-14-4-2-5-15-27)41-38(42-40(43)28-16-6-3-7-17-28)36-23-13-8-18-30(36)29-24-25-35-33-21-10-9-19-31(33)32-20-11-12-22-34(32)37(35)26-29/h2-26,39-40H,1H3,(H,41,42). The van der Waals surface area contributed by atoms with Crippen LogP contribution in [0.2, 0.25) is 0 Å². The van der Waals surface area contributed by atoms with Gasteiger partial charge in [-0.2, -0.15) is 0 Å². The highest BCUT2D eigenvalue weighted by Crippen LogP contribution is 2.39. The number of amidine groups is 1. The van der Waals surface area contributed by atoms with Crippen LogP contribution in [-0.2, 0) is 0 Å². The molecule has 8 rings (SSSR count). The van der Waals surface area contributed by atoms with E-state index in [1.807, 2.05) is 0 Å². The van der Waals surface area contributed by atoms with Crippen LogP contribution in [0.3, 0.4) is 0 Å². The van der Waals surface area contributed by atoms with Gasteiger partial charge in [-0.3, -0.25) is 4.90 Å². The lowest BCUT2D eigenvalue weighted by atomic mass is 9.91. The van der Waals surface area contributed by atoms with E-state index < -0.39 is 0 Å². The van der Waals surface area contributed by atoms with E-state index in [9.17, 15) is 0 Å². The lowest BCUT2D eigenvalue weighted by Crippen LogP contribution is -2.46. The van der Waals surface area contributed by atoms with Crippen LogP contribution in [0, 0.1) is 0 Å². The Kier molecular flexibility index (Phi) is 6.24. The molecule has 0 radical (unpaired) electrons. The van der Waals surface area contributed by atoms with Crippen LogP contribution in [0.15, 0.2) is 157 Å². The maximum atomic E-state index is 5.35. The fraction of sp³-hybridized carbons (Fsp3) is 0.0750. The molecule has 0 saturated carbocycles. The Labute approximate surface area is 251 Å². The summed E-state index contributed by atoms with van der Waals surface area (Å²) < 4.78 is 0. The second-order valence-electron chi connectivity index (χ2n) is 11.3. The second-order valence-corrected chi connectivity index (χ2v) is 11.3. The Morgan fingerprint density at radius 1 is 0.488 bits per heavy atom. The molecular formula is C40H31N3. The Balaban J connectivity index is 1.31. The molecule has 7 aromatic rings. The van der Waals surface area contributed by atoms with E-state index in [4.69, 9.17) is 4.99 Å². The molecule has 0 fully saturated rings. The van der Waals surface area contributed by atoms with Crippen LogP contribution in [0.25, 0.3) is 43.4 Å². The summed E-state index contributed by atoms with van der Waals surface area (Å²) >= 11 is 0. The van der Waals surface area contributed by atoms with Crippen molar-refractivity contribution in [1.29, 1.82) is 0 Å². The molecule has 3 nitrogen and oxygen atoms in total. The topological polar surface area (TPSA) is 27.6 Å². The summed E-state index contributed by atoms with van der Waals surface area (Å²) in [5.41, 5.74) is 5.82. The summed E-state index contributed by atoms with van der Waals surface area (Å²) in [5.74, 6) is 0.903. The van der Waals surface area contributed by atoms with Gasteiger partial charge >= 0.3 is 0 Å². The first kappa shape index (κ1) is 25.5. The largest absolute Gasteiger partial charge is 0.350 e. The van der Waals surface area contributed by atoms with Crippen LogP contribution in [0.1, 0.15) is 29.0 Å². The molecular weight excluding hydrogens is 522 g/mol. The number of rotatable bonds is 4. The van der Waals surface area contributed by atoms with Crippen molar-refractivity contribution in [2.24, 2.45) is 4.99 Å². The van der Waals surface area contributed by atoms with Crippen LogP contribution in [0.5, 0.6) is 0 Å². The van der Waals surface area contributed by atoms with Gasteiger partial charge in [-0.05, 0) is 67.7 Å². The van der Waals surface area contributed by atoms with E-state index in [2.05, 4.69) is 169 Å². The van der Waals surface area contributed by atoms with Crippen LogP contribution < -0.4 is 5.32 Å². The smallest absolute Gasteiger partial charge is 0.132 e. The van der Waals surface area contributed by atoms with Crippen molar-refractivity contribution in [3.63, 3.8) is 0 Å². The molecule has 43 heavy (non-hydrogen) atoms. The van der Waals surface area contributed by atoms with E-state index in [-0.39, 0.29) is 12.3 Å². The molecule has 1 N–H and O–H groups in total. The van der Waals surface area contributed by atoms with Gasteiger partial charge in [-0.15, -0.1) is 0 Å². The quantitative estimate of drug-likeness (QED) is 0.220. The molecule has 0 aliphatic carbocycles. The van der Waals surface area contributed by atoms with Crippen molar-refractivity contribution >= 4 is 38.2 Å². The summed E-state index contributed by atoms with van der Waals surface area (Å²) in [4.78, 5) is 7.66. The molecule has 0 amide bonds. The molecule has 1 aliphatic rings. The van der Waals surface area contributed by atoms with Crippen LogP contribution in [-0.4, -0.2) is 17.8 Å². The van der Waals surface area contributed by atoms with E-state index in [0.717, 1.165) is 17.0 Å². The van der Waals surface area contributed by atoms with Crippen molar-refractivity contribution < 1.29 is 0 Å². The van der Waals surface area contributed by atoms with Crippen LogP contribution >= 0.6 is 0 Å². The molecule has 0 bridgehead atoms. The van der Waals surface area contributed by atoms with Gasteiger partial charge in [0.15, 0.2) is 0 Å². The molecule has 2 atom stereocenters. The lowest BCUT2D eigenvalue weighted by Gasteiger charge is -2.39. The molecule has 0 spiro atoms. The number of aliphatic imine (C=N–C) groups is 1. The predicted molar refractivity (Wildman–Crippen MR) is 180 cm³/mol. The number of fused-ring (bicyclic) bond motifs is 6. The van der Waals surface area contributed by atoms with E-state index in [0.29, 0.717) is 0 Å². The zero-order valence-electron chi connectivity index (χ0n) is 24.0. The maximum Gasteiger partial charge on any atom is 0.132 e. The summed E-state index contributed by atoms with van der Waals surface area (Å²) in [6, 6.07) is 54.3. The summed E-state index contributed by atoms with van der Waals surface area (Å²) in [6.45, 7) is 0. The van der Waals surface area contributed by atoms with E-state index in [1.165, 1.54) is 49.0 Å². The third kappa shape index (κ3) is 4.37. The van der Waals surface area contributed by atoms with Gasteiger partial charge in [0.2, 0.25) is 0 Å². The molecule has 7 aromatic carbocycles. The van der Waals surface area contributed by atoms with Gasteiger partial charge in [-0.25, -0.2) is 4.99 Å². The first-order valence-corrected chi connectivity index (χ1v) is 14.9. The zero-order chi connectivity index (χ0) is 28.8. The first-order valence-electron chi connectivity index (χ1n) is 14.9. The zero-order valence-corrected chi connectivity index (χ0v) is 24.0. The highest BCUT2D eigenvalue weighted by Gasteiger charge is 2.31. The number of hydrogen-bond donors (Lipinski definition) is 1. The average Bonchev–Trinajstić information content (AvgIpc) is 3.09. The third-order valence-corrected chi connectivity index (χ3v) is 8.77. The highest BCUT2D eigenvalue weighted by molar-refractivity contribution is 6.25. The van der Waals surface area contributed by atoms with Gasteiger partial charge in [0.05, 0.1) is 0 Å². The minimum absolute atomic E-state index is 0.0288. The molecule has 1 heterocycles. The summed E-state index contributed by atoms with van der Waals surface area (Å²) in [7, 11) is 2.15. The van der Waals surface area contributed by atoms with E-state index >= 15 is 0 Å². The van der Waals surface area contributed by atoms with Crippen LogP contribution in [0.4, 0.5) is 0 Å². The average molecular weight is 554 g/mol. The fourth-order valence-corrected chi connectivity index (χ4v) is 6.68. The molecule has 206 valence electrons. The SMILES string of the molecule is CN1C(c2ccccc2)N=C(c2ccccc2-c2ccc3c4ccccc4c4ccccc4c3c2)NC1c1ccccc1. The van der Waals surface area contributed by atoms with Gasteiger partial charge in [0, 0.05) is 5.56 Å². The lowest BCUT2D eigenvalue weighted by molar-refractivity contribution is 0.152. The maximum absolute atomic E-state index is 5.35. The Bertz CT molecular complexity index is 2100. The van der Waals surface area contributed by atoms with Crippen molar-refractivity contribution in [3.8, 4) is 11.1 Å². The minimum Gasteiger partial charge on any atom is -0.350 e. The molecule has 3 heteroatoms. The van der Waals surface area contributed by atoms with Crippen molar-refractivity contribution in [3.05, 3.63) is 168 Å². The number of hydrogen-bond acceptors (Lipinski definition) is 3. The highest BCUT2D eigenvalue weighted by atomic mass is 15.4. The van der Waals surface area contributed by atoms with Gasteiger partial charge in [0.1, 0.15) is 18.2 Å². The molecule has 0 saturated heterocycles. The fourth-order valence-electron chi connectivity index (χ4n) is 6.68. The number of benzene rings is 7. The van der Waals surface area contributed by atoms with Gasteiger partial charge in [0.25, 0.3) is 0 Å². The molecule has 1 aliphatic heterocycles. The van der Waals surface area contributed by atoms with Crippen molar-refractivity contribution in [2.75, 3.05) is 7.05 Å². The van der Waals surface area contributed by atoms with E-state index in [1.54, 1.807) is 0 Å². The summed E-state index contributed by atoms with van der Waals surface area (Å²) in [5, 5.41) is 11.5. The Morgan fingerprint density at radius 3 is 1.60 bits per heavy atom. The summed E-state index contributed by atoms with van der Waals surface area (Å²) in [6.07, 6.45) is -0.151.